The molecule has 0 radical (unpaired) electrons. The minimum Gasteiger partial charge on any atom is -0.758 e. The average molecular weight is 346 g/mol. The van der Waals surface area contributed by atoms with E-state index in [0.29, 0.717) is 28.2 Å². The number of anilines is 1. The lowest BCUT2D eigenvalue weighted by molar-refractivity contribution is -0.144. The van der Waals surface area contributed by atoms with E-state index >= 15 is 0 Å². The molecular formula is C19H21FNO4-. The van der Waals surface area contributed by atoms with E-state index in [1.54, 1.807) is 24.3 Å². The predicted molar refractivity (Wildman–Crippen MR) is 92.6 cm³/mol. The Morgan fingerprint density at radius 1 is 1.32 bits per heavy atom. The number of nitrogens with zero attached hydrogens (tertiary/aromatic N) is 1. The smallest absolute Gasteiger partial charge is 0.341 e. The second-order valence-corrected chi connectivity index (χ2v) is 6.44. The molecule has 0 spiro atoms. The molecule has 2 aliphatic carbocycles. The van der Waals surface area contributed by atoms with Crippen molar-refractivity contribution in [3.8, 4) is 5.75 Å². The van der Waals surface area contributed by atoms with Crippen LogP contribution in [0.25, 0.3) is 0 Å². The van der Waals surface area contributed by atoms with Crippen LogP contribution in [0.15, 0.2) is 47.5 Å². The van der Waals surface area contributed by atoms with Crippen LogP contribution in [0.4, 0.5) is 10.1 Å². The Kier molecular flexibility index (Phi) is 5.08. The fraction of sp³-hybridized carbons (Fsp3) is 0.421. The molecule has 6 heteroatoms. The zero-order valence-corrected chi connectivity index (χ0v) is 14.3. The number of allylic oxidation sites excluding steroid dienone is 2. The lowest BCUT2D eigenvalue weighted by Gasteiger charge is -2.28. The second-order valence-electron chi connectivity index (χ2n) is 6.44. The summed E-state index contributed by atoms with van der Waals surface area (Å²) >= 11 is 0. The summed E-state index contributed by atoms with van der Waals surface area (Å²) in [5, 5.41) is 12.3. The zero-order chi connectivity index (χ0) is 18.0. The van der Waals surface area contributed by atoms with Gasteiger partial charge in [-0.2, -0.15) is 0 Å². The molecule has 0 heterocycles. The monoisotopic (exact) mass is 346 g/mol. The van der Waals surface area contributed by atoms with Gasteiger partial charge in [0.25, 0.3) is 0 Å². The van der Waals surface area contributed by atoms with Crippen LogP contribution in [0.2, 0.25) is 0 Å². The maximum atomic E-state index is 13.7. The molecule has 1 saturated carbocycles. The Morgan fingerprint density at radius 2 is 2.04 bits per heavy atom. The van der Waals surface area contributed by atoms with E-state index < -0.39 is 5.97 Å². The van der Waals surface area contributed by atoms with E-state index in [0.717, 1.165) is 12.8 Å². The Morgan fingerprint density at radius 3 is 2.72 bits per heavy atom. The van der Waals surface area contributed by atoms with Gasteiger partial charge in [0.05, 0.1) is 5.69 Å². The first-order valence-electron chi connectivity index (χ1n) is 8.43. The van der Waals surface area contributed by atoms with E-state index in [2.05, 4.69) is 0 Å². The third-order valence-corrected chi connectivity index (χ3v) is 4.43. The van der Waals surface area contributed by atoms with Crippen molar-refractivity contribution in [2.45, 2.75) is 38.7 Å². The van der Waals surface area contributed by atoms with Crippen LogP contribution in [0.5, 0.6) is 5.75 Å². The minimum atomic E-state index is -0.586. The summed E-state index contributed by atoms with van der Waals surface area (Å²) in [6.07, 6.45) is 3.46. The van der Waals surface area contributed by atoms with E-state index in [1.807, 2.05) is 6.92 Å². The van der Waals surface area contributed by atoms with Crippen LogP contribution < -0.4 is 9.80 Å². The summed E-state index contributed by atoms with van der Waals surface area (Å²) in [5.41, 5.74) is 0.420. The molecular weight excluding hydrogens is 325 g/mol. The number of halogens is 1. The summed E-state index contributed by atoms with van der Waals surface area (Å²) in [5.74, 6) is 0.0703. The molecule has 25 heavy (non-hydrogen) atoms. The van der Waals surface area contributed by atoms with Crippen LogP contribution in [0.1, 0.15) is 32.6 Å². The van der Waals surface area contributed by atoms with E-state index in [9.17, 15) is 14.4 Å². The SMILES string of the molecule is C[C@@H](OC(=O)C1=C(Oc2ccccc2N(C)[O-])CCC(F)=C1)C1CC1. The van der Waals surface area contributed by atoms with Crippen molar-refractivity contribution in [2.75, 3.05) is 12.1 Å². The fourth-order valence-corrected chi connectivity index (χ4v) is 2.79. The third-order valence-electron chi connectivity index (χ3n) is 4.43. The number of hydrogen-bond acceptors (Lipinski definition) is 5. The molecule has 1 fully saturated rings. The zero-order valence-electron chi connectivity index (χ0n) is 14.3. The second kappa shape index (κ2) is 7.27. The number of benzene rings is 1. The number of carbonyl (C=O) groups is 1. The Bertz CT molecular complexity index is 722. The number of rotatable bonds is 6. The van der Waals surface area contributed by atoms with Gasteiger partial charge in [0.15, 0.2) is 0 Å². The van der Waals surface area contributed by atoms with E-state index in [4.69, 9.17) is 9.47 Å². The molecule has 134 valence electrons. The quantitative estimate of drug-likeness (QED) is 0.569. The van der Waals surface area contributed by atoms with Crippen LogP contribution in [0.3, 0.4) is 0 Å². The maximum absolute atomic E-state index is 13.7. The molecule has 0 amide bonds. The maximum Gasteiger partial charge on any atom is 0.341 e. The number of para-hydroxylation sites is 2. The molecule has 0 unspecified atom stereocenters. The molecule has 5 nitrogen and oxygen atoms in total. The van der Waals surface area contributed by atoms with Gasteiger partial charge in [-0.25, -0.2) is 9.18 Å². The molecule has 1 aromatic carbocycles. The molecule has 1 aromatic rings. The topological polar surface area (TPSA) is 61.8 Å². The Labute approximate surface area is 146 Å². The number of ether oxygens (including phenoxy) is 2. The molecule has 0 saturated heterocycles. The average Bonchev–Trinajstić information content (AvgIpc) is 3.41. The minimum absolute atomic E-state index is 0.0830. The van der Waals surface area contributed by atoms with E-state index in [1.165, 1.54) is 13.1 Å². The van der Waals surface area contributed by atoms with Crippen molar-refractivity contribution >= 4 is 11.7 Å². The summed E-state index contributed by atoms with van der Waals surface area (Å²) in [4.78, 5) is 12.5. The van der Waals surface area contributed by atoms with Gasteiger partial charge in [0.1, 0.15) is 29.0 Å². The lowest BCUT2D eigenvalue weighted by Crippen LogP contribution is -2.21. The van der Waals surface area contributed by atoms with Gasteiger partial charge in [0.2, 0.25) is 0 Å². The van der Waals surface area contributed by atoms with Crippen molar-refractivity contribution in [1.82, 2.24) is 0 Å². The predicted octanol–water partition coefficient (Wildman–Crippen LogP) is 4.24. The summed E-state index contributed by atoms with van der Waals surface area (Å²) < 4.78 is 25.0. The molecule has 0 bridgehead atoms. The van der Waals surface area contributed by atoms with Crippen LogP contribution >= 0.6 is 0 Å². The standard InChI is InChI=1S/C19H21FNO4/c1-12(13-7-8-13)24-19(22)15-11-14(20)9-10-17(15)25-18-6-4-3-5-16(18)21(2)23/h3-6,11-13H,7-10H2,1-2H3/q-1/t12-/m1/s1. The summed E-state index contributed by atoms with van der Waals surface area (Å²) in [6, 6.07) is 6.71. The molecule has 3 rings (SSSR count). The first-order chi connectivity index (χ1) is 12.0. The molecule has 0 aromatic heterocycles. The van der Waals surface area contributed by atoms with Crippen LogP contribution in [-0.2, 0) is 9.53 Å². The van der Waals surface area contributed by atoms with Gasteiger partial charge in [-0.15, -0.1) is 0 Å². The first kappa shape index (κ1) is 17.5. The third kappa shape index (κ3) is 4.20. The molecule has 2 aliphatic rings. The number of carbonyl (C=O) groups excluding carboxylic acids is 1. The van der Waals surface area contributed by atoms with Crippen LogP contribution in [-0.4, -0.2) is 19.1 Å². The Hall–Kier alpha value is -2.34. The number of esters is 1. The van der Waals surface area contributed by atoms with Crippen molar-refractivity contribution in [2.24, 2.45) is 5.92 Å². The normalized spacial score (nSPS) is 18.5. The lowest BCUT2D eigenvalue weighted by atomic mass is 10.0. The molecule has 1 atom stereocenters. The summed E-state index contributed by atoms with van der Waals surface area (Å²) in [7, 11) is 1.36. The molecule has 0 N–H and O–H groups in total. The highest BCUT2D eigenvalue weighted by Gasteiger charge is 2.32. The largest absolute Gasteiger partial charge is 0.758 e. The van der Waals surface area contributed by atoms with Gasteiger partial charge >= 0.3 is 5.97 Å². The van der Waals surface area contributed by atoms with Gasteiger partial charge in [-0.05, 0) is 50.9 Å². The Balaban J connectivity index is 1.86. The van der Waals surface area contributed by atoms with Crippen LogP contribution in [0, 0.1) is 11.1 Å². The highest BCUT2D eigenvalue weighted by Crippen LogP contribution is 2.36. The van der Waals surface area contributed by atoms with Crippen molar-refractivity contribution in [1.29, 1.82) is 0 Å². The number of hydroxylamine groups is 1. The molecule has 0 aliphatic heterocycles. The van der Waals surface area contributed by atoms with Gasteiger partial charge in [-0.3, -0.25) is 0 Å². The number of hydrogen-bond donors (Lipinski definition) is 0. The van der Waals surface area contributed by atoms with Gasteiger partial charge in [0, 0.05) is 12.8 Å². The highest BCUT2D eigenvalue weighted by molar-refractivity contribution is 5.92. The summed E-state index contributed by atoms with van der Waals surface area (Å²) in [6.45, 7) is 1.85. The van der Waals surface area contributed by atoms with Gasteiger partial charge in [-0.1, -0.05) is 12.1 Å². The first-order valence-corrected chi connectivity index (χ1v) is 8.43. The highest BCUT2D eigenvalue weighted by atomic mass is 19.1. The van der Waals surface area contributed by atoms with Crippen molar-refractivity contribution < 1.29 is 18.7 Å². The van der Waals surface area contributed by atoms with Crippen molar-refractivity contribution in [3.05, 3.63) is 52.7 Å². The van der Waals surface area contributed by atoms with Crippen molar-refractivity contribution in [3.63, 3.8) is 0 Å². The van der Waals surface area contributed by atoms with E-state index in [-0.39, 0.29) is 30.3 Å². The fourth-order valence-electron chi connectivity index (χ4n) is 2.79. The van der Waals surface area contributed by atoms with Gasteiger partial charge < -0.3 is 19.7 Å².